The van der Waals surface area contributed by atoms with Crippen LogP contribution in [0.5, 0.6) is 0 Å². The number of aliphatic imine (C=N–C) groups is 1. The van der Waals surface area contributed by atoms with Crippen LogP contribution < -0.4 is 16.3 Å². The van der Waals surface area contributed by atoms with Crippen molar-refractivity contribution in [2.75, 3.05) is 0 Å². The van der Waals surface area contributed by atoms with Crippen LogP contribution in [0.15, 0.2) is 53.3 Å². The minimum absolute atomic E-state index is 0.562. The van der Waals surface area contributed by atoms with Crippen LogP contribution in [0.1, 0.15) is 36.8 Å². The summed E-state index contributed by atoms with van der Waals surface area (Å²) in [7, 11) is 0. The van der Waals surface area contributed by atoms with Gasteiger partial charge < -0.3 is 15.7 Å². The summed E-state index contributed by atoms with van der Waals surface area (Å²) in [5, 5.41) is 5.72. The van der Waals surface area contributed by atoms with Gasteiger partial charge in [0.1, 0.15) is 12.2 Å². The lowest BCUT2D eigenvalue weighted by atomic mass is 9.83. The zero-order valence-electron chi connectivity index (χ0n) is 14.7. The maximum Gasteiger partial charge on any atom is 0.141 e. The van der Waals surface area contributed by atoms with Gasteiger partial charge in [0, 0.05) is 30.3 Å². The Bertz CT molecular complexity index is 829. The third kappa shape index (κ3) is 2.81. The minimum atomic E-state index is 0.562. The van der Waals surface area contributed by atoms with Gasteiger partial charge in [-0.05, 0) is 37.3 Å². The highest BCUT2D eigenvalue weighted by atomic mass is 15.7. The predicted octanol–water partition coefficient (Wildman–Crippen LogP) is 3.03. The molecule has 1 aromatic carbocycles. The molecule has 0 saturated heterocycles. The minimum Gasteiger partial charge on any atom is -0.346 e. The molecule has 2 aromatic rings. The van der Waals surface area contributed by atoms with Crippen LogP contribution in [0.25, 0.3) is 5.70 Å². The maximum absolute atomic E-state index is 4.44. The topological polar surface area (TPSA) is 67.5 Å². The average molecular weight is 348 g/mol. The number of rotatable bonds is 4. The Kier molecular flexibility index (Phi) is 3.99. The molecule has 3 aliphatic rings. The van der Waals surface area contributed by atoms with Crippen molar-refractivity contribution in [2.24, 2.45) is 10.9 Å². The number of benzene rings is 1. The molecule has 1 saturated carbocycles. The quantitative estimate of drug-likeness (QED) is 0.686. The van der Waals surface area contributed by atoms with Gasteiger partial charge in [0.25, 0.3) is 0 Å². The van der Waals surface area contributed by atoms with Crippen molar-refractivity contribution in [1.29, 1.82) is 0 Å². The summed E-state index contributed by atoms with van der Waals surface area (Å²) in [6.45, 7) is 0.959. The van der Waals surface area contributed by atoms with E-state index in [1.807, 2.05) is 17.5 Å². The number of aromatic amines is 1. The number of allylic oxidation sites excluding steroid dienone is 1. The van der Waals surface area contributed by atoms with Gasteiger partial charge in [-0.25, -0.2) is 10.0 Å². The molecule has 134 valence electrons. The van der Waals surface area contributed by atoms with Crippen LogP contribution in [-0.4, -0.2) is 22.4 Å². The Labute approximate surface area is 153 Å². The van der Waals surface area contributed by atoms with Crippen LogP contribution in [-0.2, 0) is 6.54 Å². The molecule has 1 aliphatic carbocycles. The van der Waals surface area contributed by atoms with Crippen molar-refractivity contribution in [2.45, 2.75) is 38.3 Å². The van der Waals surface area contributed by atoms with Crippen LogP contribution in [0, 0.1) is 5.92 Å². The van der Waals surface area contributed by atoms with Crippen molar-refractivity contribution in [3.8, 4) is 0 Å². The van der Waals surface area contributed by atoms with E-state index < -0.39 is 0 Å². The fraction of sp³-hybridized carbons (Fsp3) is 0.350. The van der Waals surface area contributed by atoms with Gasteiger partial charge >= 0.3 is 0 Å². The molecular formula is C20H24N6. The largest absolute Gasteiger partial charge is 0.346 e. The number of H-pyrrole nitrogens is 1. The zero-order chi connectivity index (χ0) is 17.3. The second-order valence-electron chi connectivity index (χ2n) is 7.27. The molecule has 5 rings (SSSR count). The summed E-state index contributed by atoms with van der Waals surface area (Å²) in [6.07, 6.45) is 8.61. The van der Waals surface area contributed by atoms with Gasteiger partial charge in [0.05, 0.1) is 11.4 Å². The Morgan fingerprint density at radius 2 is 1.92 bits per heavy atom. The molecule has 1 fully saturated rings. The maximum atomic E-state index is 4.44. The fourth-order valence-electron chi connectivity index (χ4n) is 4.24. The zero-order valence-corrected chi connectivity index (χ0v) is 14.7. The summed E-state index contributed by atoms with van der Waals surface area (Å²) >= 11 is 0. The molecule has 2 aliphatic heterocycles. The standard InChI is InChI=1S/C20H24N6/c1-2-4-14(5-3-1)12-22-16-8-6-15(7-9-16)18-19-17-10-11-21-20(17)23-13-26(19)25-24-18/h1-5,10-11,13,15-16,21-22,24-25H,6-9,12H2. The molecule has 6 heteroatoms. The SMILES string of the molecule is C1=Nc2[nH]ccc2C2=C(C3CCC(NCc4ccccc4)CC3)NNN12. The van der Waals surface area contributed by atoms with Crippen molar-refractivity contribution in [1.82, 2.24) is 26.3 Å². The van der Waals surface area contributed by atoms with E-state index >= 15 is 0 Å². The van der Waals surface area contributed by atoms with Gasteiger partial charge in [-0.1, -0.05) is 30.3 Å². The number of nitrogens with zero attached hydrogens (tertiary/aromatic N) is 2. The van der Waals surface area contributed by atoms with Gasteiger partial charge in [-0.3, -0.25) is 0 Å². The summed E-state index contributed by atoms with van der Waals surface area (Å²) in [4.78, 5) is 7.65. The van der Waals surface area contributed by atoms with Crippen molar-refractivity contribution in [3.05, 3.63) is 59.4 Å². The number of aromatic nitrogens is 1. The second-order valence-corrected chi connectivity index (χ2v) is 7.27. The highest BCUT2D eigenvalue weighted by Crippen LogP contribution is 2.39. The van der Waals surface area contributed by atoms with E-state index in [1.165, 1.54) is 48.2 Å². The van der Waals surface area contributed by atoms with E-state index in [-0.39, 0.29) is 0 Å². The summed E-state index contributed by atoms with van der Waals surface area (Å²) in [5.74, 6) is 1.50. The first-order chi connectivity index (χ1) is 12.9. The molecule has 0 bridgehead atoms. The van der Waals surface area contributed by atoms with Gasteiger partial charge in [0.15, 0.2) is 0 Å². The van der Waals surface area contributed by atoms with E-state index in [9.17, 15) is 0 Å². The van der Waals surface area contributed by atoms with Crippen LogP contribution in [0.4, 0.5) is 5.82 Å². The third-order valence-electron chi connectivity index (χ3n) is 5.66. The second kappa shape index (κ2) is 6.63. The summed E-state index contributed by atoms with van der Waals surface area (Å²) in [5.41, 5.74) is 11.7. The van der Waals surface area contributed by atoms with Crippen LogP contribution >= 0.6 is 0 Å². The van der Waals surface area contributed by atoms with E-state index in [1.54, 1.807) is 0 Å². The van der Waals surface area contributed by atoms with Crippen molar-refractivity contribution < 1.29 is 0 Å². The number of hydrogen-bond acceptors (Lipinski definition) is 5. The average Bonchev–Trinajstić information content (AvgIpc) is 3.34. The molecule has 0 spiro atoms. The van der Waals surface area contributed by atoms with E-state index in [0.717, 1.165) is 12.4 Å². The smallest absolute Gasteiger partial charge is 0.141 e. The number of fused-ring (bicyclic) bond motifs is 3. The van der Waals surface area contributed by atoms with E-state index in [0.29, 0.717) is 12.0 Å². The highest BCUT2D eigenvalue weighted by Gasteiger charge is 2.33. The Morgan fingerprint density at radius 3 is 2.77 bits per heavy atom. The van der Waals surface area contributed by atoms with Crippen molar-refractivity contribution in [3.63, 3.8) is 0 Å². The third-order valence-corrected chi connectivity index (χ3v) is 5.66. The lowest BCUT2D eigenvalue weighted by Gasteiger charge is -2.30. The highest BCUT2D eigenvalue weighted by molar-refractivity contribution is 5.87. The number of hydrogen-bond donors (Lipinski definition) is 4. The lowest BCUT2D eigenvalue weighted by Crippen LogP contribution is -2.38. The molecule has 6 nitrogen and oxygen atoms in total. The number of hydrazine groups is 2. The van der Waals surface area contributed by atoms with Gasteiger partial charge in [-0.2, -0.15) is 0 Å². The predicted molar refractivity (Wildman–Crippen MR) is 103 cm³/mol. The van der Waals surface area contributed by atoms with Crippen LogP contribution in [0.3, 0.4) is 0 Å². The monoisotopic (exact) mass is 348 g/mol. The normalized spacial score (nSPS) is 24.4. The molecule has 0 unspecified atom stereocenters. The Hall–Kier alpha value is -2.57. The molecule has 0 atom stereocenters. The first kappa shape index (κ1) is 15.7. The lowest BCUT2D eigenvalue weighted by molar-refractivity contribution is 0.305. The summed E-state index contributed by atoms with van der Waals surface area (Å²) in [6, 6.07) is 13.4. The molecule has 3 heterocycles. The molecule has 4 N–H and O–H groups in total. The first-order valence-electron chi connectivity index (χ1n) is 9.43. The van der Waals surface area contributed by atoms with Gasteiger partial charge in [-0.15, -0.1) is 5.53 Å². The van der Waals surface area contributed by atoms with Crippen molar-refractivity contribution >= 4 is 17.9 Å². The first-order valence-corrected chi connectivity index (χ1v) is 9.43. The van der Waals surface area contributed by atoms with E-state index in [2.05, 4.69) is 62.7 Å². The fourth-order valence-corrected chi connectivity index (χ4v) is 4.24. The van der Waals surface area contributed by atoms with E-state index in [4.69, 9.17) is 0 Å². The Balaban J connectivity index is 1.25. The molecule has 26 heavy (non-hydrogen) atoms. The molecule has 1 aromatic heterocycles. The molecule has 0 radical (unpaired) electrons. The van der Waals surface area contributed by atoms with Crippen LogP contribution in [0.2, 0.25) is 0 Å². The number of nitrogens with one attached hydrogen (secondary N) is 4. The van der Waals surface area contributed by atoms with Gasteiger partial charge in [0.2, 0.25) is 0 Å². The molecular weight excluding hydrogens is 324 g/mol. The Morgan fingerprint density at radius 1 is 1.08 bits per heavy atom. The summed E-state index contributed by atoms with van der Waals surface area (Å²) < 4.78 is 0. The molecule has 0 amide bonds.